The molecule has 0 radical (unpaired) electrons. The molecule has 0 aliphatic carbocycles. The first-order valence-electron chi connectivity index (χ1n) is 11.1. The Kier molecular flexibility index (Phi) is 6.41. The summed E-state index contributed by atoms with van der Waals surface area (Å²) in [6.07, 6.45) is 0.636. The largest absolute Gasteiger partial charge is 0.493 e. The van der Waals surface area contributed by atoms with E-state index in [0.29, 0.717) is 40.2 Å². The second-order valence-corrected chi connectivity index (χ2v) is 9.14. The zero-order valence-corrected chi connectivity index (χ0v) is 20.7. The highest BCUT2D eigenvalue weighted by atomic mass is 35.5. The summed E-state index contributed by atoms with van der Waals surface area (Å²) in [7, 11) is 3.22. The zero-order chi connectivity index (χ0) is 24.5. The number of nitrogens with zero attached hydrogens (tertiary/aromatic N) is 2. The number of fused-ring (bicyclic) bond motifs is 1. The van der Waals surface area contributed by atoms with Crippen molar-refractivity contribution in [1.29, 1.82) is 0 Å². The number of rotatable bonds is 7. The van der Waals surface area contributed by atoms with Crippen molar-refractivity contribution in [2.75, 3.05) is 20.8 Å². The fourth-order valence-corrected chi connectivity index (χ4v) is 4.89. The van der Waals surface area contributed by atoms with Crippen LogP contribution in [0.4, 0.5) is 0 Å². The first-order valence-corrected chi connectivity index (χ1v) is 11.9. The van der Waals surface area contributed by atoms with Crippen LogP contribution in [0.1, 0.15) is 33.2 Å². The van der Waals surface area contributed by atoms with Gasteiger partial charge < -0.3 is 14.4 Å². The number of ether oxygens (including phenoxy) is 2. The summed E-state index contributed by atoms with van der Waals surface area (Å²) in [5, 5.41) is 8.73. The summed E-state index contributed by atoms with van der Waals surface area (Å²) in [6.45, 7) is 0.494. The fourth-order valence-electron chi connectivity index (χ4n) is 4.56. The Bertz CT molecular complexity index is 1380. The molecule has 1 amide bonds. The number of hydrogen-bond donors (Lipinski definition) is 1. The number of benzene rings is 3. The Labute approximate surface area is 213 Å². The van der Waals surface area contributed by atoms with E-state index in [2.05, 4.69) is 10.2 Å². The van der Waals surface area contributed by atoms with Gasteiger partial charge in [-0.25, -0.2) is 0 Å². The Hall–Kier alpha value is -3.48. The number of amides is 1. The van der Waals surface area contributed by atoms with Gasteiger partial charge in [0.05, 0.1) is 26.0 Å². The smallest absolute Gasteiger partial charge is 0.273 e. The minimum Gasteiger partial charge on any atom is -0.493 e. The Morgan fingerprint density at radius 2 is 1.71 bits per heavy atom. The maximum absolute atomic E-state index is 13.6. The van der Waals surface area contributed by atoms with E-state index < -0.39 is 0 Å². The molecule has 8 heteroatoms. The molecule has 1 atom stereocenters. The normalized spacial score (nSPS) is 14.8. The van der Waals surface area contributed by atoms with E-state index in [0.717, 1.165) is 27.9 Å². The Morgan fingerprint density at radius 1 is 0.943 bits per heavy atom. The highest BCUT2D eigenvalue weighted by Gasteiger charge is 2.42. The molecule has 4 aromatic rings. The molecule has 35 heavy (non-hydrogen) atoms. The van der Waals surface area contributed by atoms with Gasteiger partial charge in [-0.15, -0.1) is 0 Å². The van der Waals surface area contributed by atoms with Gasteiger partial charge in [0.15, 0.2) is 11.5 Å². The number of carbonyl (C=O) groups is 1. The number of halogens is 2. The number of nitrogens with one attached hydrogen (secondary N) is 1. The van der Waals surface area contributed by atoms with Crippen LogP contribution in [0.3, 0.4) is 0 Å². The predicted molar refractivity (Wildman–Crippen MR) is 137 cm³/mol. The van der Waals surface area contributed by atoms with E-state index in [1.165, 1.54) is 0 Å². The first kappa shape index (κ1) is 23.3. The van der Waals surface area contributed by atoms with E-state index in [9.17, 15) is 4.79 Å². The van der Waals surface area contributed by atoms with Crippen LogP contribution < -0.4 is 9.47 Å². The van der Waals surface area contributed by atoms with Crippen molar-refractivity contribution in [2.45, 2.75) is 12.5 Å². The summed E-state index contributed by atoms with van der Waals surface area (Å²) in [4.78, 5) is 15.4. The van der Waals surface area contributed by atoms with Gasteiger partial charge in [0.2, 0.25) is 0 Å². The number of hydrogen-bond acceptors (Lipinski definition) is 4. The molecule has 6 nitrogen and oxygen atoms in total. The SMILES string of the molecule is COc1ccc(CCN2C(=O)c3[nH]nc(-c4ccc(Cl)cc4)c3C2c2cccc(Cl)c2)cc1OC. The van der Waals surface area contributed by atoms with Gasteiger partial charge in [-0.3, -0.25) is 9.89 Å². The average Bonchev–Trinajstić information content (AvgIpc) is 3.41. The van der Waals surface area contributed by atoms with Crippen molar-refractivity contribution in [1.82, 2.24) is 15.1 Å². The molecule has 1 unspecified atom stereocenters. The summed E-state index contributed by atoms with van der Waals surface area (Å²) >= 11 is 12.4. The molecule has 0 bridgehead atoms. The molecule has 178 valence electrons. The van der Waals surface area contributed by atoms with Crippen LogP contribution in [0.5, 0.6) is 11.5 Å². The van der Waals surface area contributed by atoms with E-state index >= 15 is 0 Å². The summed E-state index contributed by atoms with van der Waals surface area (Å²) in [6, 6.07) is 20.5. The van der Waals surface area contributed by atoms with E-state index in [1.807, 2.05) is 71.6 Å². The second kappa shape index (κ2) is 9.64. The monoisotopic (exact) mass is 507 g/mol. The van der Waals surface area contributed by atoms with Gasteiger partial charge >= 0.3 is 0 Å². The molecule has 1 N–H and O–H groups in total. The van der Waals surface area contributed by atoms with Crippen LogP contribution in [-0.4, -0.2) is 41.8 Å². The minimum absolute atomic E-state index is 0.0989. The van der Waals surface area contributed by atoms with Crippen LogP contribution in [0, 0.1) is 0 Å². The molecule has 2 heterocycles. The standard InChI is InChI=1S/C27H23Cl2N3O3/c1-34-21-11-6-16(14-22(21)35-2)12-13-32-26(18-4-3-5-20(29)15-18)23-24(30-31-25(23)27(32)33)17-7-9-19(28)10-8-17/h3-11,14-15,26H,12-13H2,1-2H3,(H,30,31). The summed E-state index contributed by atoms with van der Waals surface area (Å²) < 4.78 is 10.8. The molecule has 1 aromatic heterocycles. The molecule has 0 spiro atoms. The Balaban J connectivity index is 1.53. The lowest BCUT2D eigenvalue weighted by Gasteiger charge is -2.26. The number of aromatic nitrogens is 2. The molecule has 0 saturated heterocycles. The summed E-state index contributed by atoms with van der Waals surface area (Å²) in [5.41, 5.74) is 4.90. The lowest BCUT2D eigenvalue weighted by atomic mass is 9.96. The van der Waals surface area contributed by atoms with Crippen molar-refractivity contribution in [2.24, 2.45) is 0 Å². The fraction of sp³-hybridized carbons (Fsp3) is 0.185. The number of aromatic amines is 1. The molecular weight excluding hydrogens is 485 g/mol. The van der Waals surface area contributed by atoms with Gasteiger partial charge in [0.1, 0.15) is 5.69 Å². The van der Waals surface area contributed by atoms with Crippen molar-refractivity contribution in [3.05, 3.63) is 99.2 Å². The quantitative estimate of drug-likeness (QED) is 0.323. The van der Waals surface area contributed by atoms with Gasteiger partial charge in [0.25, 0.3) is 5.91 Å². The van der Waals surface area contributed by atoms with Gasteiger partial charge in [0, 0.05) is 27.7 Å². The maximum atomic E-state index is 13.6. The number of H-pyrrole nitrogens is 1. The van der Waals surface area contributed by atoms with Gasteiger partial charge in [-0.05, 0) is 53.9 Å². The van der Waals surface area contributed by atoms with Crippen LogP contribution in [0.2, 0.25) is 10.0 Å². The number of methoxy groups -OCH3 is 2. The van der Waals surface area contributed by atoms with Crippen LogP contribution in [-0.2, 0) is 6.42 Å². The van der Waals surface area contributed by atoms with Gasteiger partial charge in [-0.2, -0.15) is 5.10 Å². The second-order valence-electron chi connectivity index (χ2n) is 8.26. The highest BCUT2D eigenvalue weighted by molar-refractivity contribution is 6.31. The highest BCUT2D eigenvalue weighted by Crippen LogP contribution is 2.43. The van der Waals surface area contributed by atoms with Crippen molar-refractivity contribution in [3.63, 3.8) is 0 Å². The first-order chi connectivity index (χ1) is 17.0. The molecule has 3 aromatic carbocycles. The minimum atomic E-state index is -0.333. The molecule has 1 aliphatic rings. The van der Waals surface area contributed by atoms with Crippen molar-refractivity contribution < 1.29 is 14.3 Å². The molecular formula is C27H23Cl2N3O3. The third kappa shape index (κ3) is 4.35. The summed E-state index contributed by atoms with van der Waals surface area (Å²) in [5.74, 6) is 1.22. The topological polar surface area (TPSA) is 67.5 Å². The van der Waals surface area contributed by atoms with Crippen molar-refractivity contribution >= 4 is 29.1 Å². The maximum Gasteiger partial charge on any atom is 0.273 e. The van der Waals surface area contributed by atoms with Crippen LogP contribution in [0.25, 0.3) is 11.3 Å². The van der Waals surface area contributed by atoms with E-state index in [-0.39, 0.29) is 11.9 Å². The third-order valence-electron chi connectivity index (χ3n) is 6.24. The van der Waals surface area contributed by atoms with E-state index in [1.54, 1.807) is 14.2 Å². The number of carbonyl (C=O) groups excluding carboxylic acids is 1. The lowest BCUT2D eigenvalue weighted by molar-refractivity contribution is 0.0746. The average molecular weight is 508 g/mol. The zero-order valence-electron chi connectivity index (χ0n) is 19.2. The van der Waals surface area contributed by atoms with Gasteiger partial charge in [-0.1, -0.05) is 53.5 Å². The van der Waals surface area contributed by atoms with E-state index in [4.69, 9.17) is 32.7 Å². The predicted octanol–water partition coefficient (Wildman–Crippen LogP) is 6.19. The third-order valence-corrected chi connectivity index (χ3v) is 6.72. The lowest BCUT2D eigenvalue weighted by Crippen LogP contribution is -2.31. The van der Waals surface area contributed by atoms with Crippen molar-refractivity contribution in [3.8, 4) is 22.8 Å². The molecule has 5 rings (SSSR count). The molecule has 0 fully saturated rings. The molecule has 0 saturated carbocycles. The Morgan fingerprint density at radius 3 is 2.43 bits per heavy atom. The van der Waals surface area contributed by atoms with Crippen LogP contribution >= 0.6 is 23.2 Å². The molecule has 1 aliphatic heterocycles. The van der Waals surface area contributed by atoms with Crippen LogP contribution in [0.15, 0.2) is 66.7 Å².